The third-order valence-electron chi connectivity index (χ3n) is 3.09. The van der Waals surface area contributed by atoms with Crippen LogP contribution in [-0.2, 0) is 11.3 Å². The van der Waals surface area contributed by atoms with Crippen LogP contribution in [0.3, 0.4) is 0 Å². The monoisotopic (exact) mass is 272 g/mol. The van der Waals surface area contributed by atoms with Crippen molar-refractivity contribution in [3.63, 3.8) is 0 Å². The highest BCUT2D eigenvalue weighted by Crippen LogP contribution is 2.13. The average molecular weight is 272 g/mol. The summed E-state index contributed by atoms with van der Waals surface area (Å²) in [7, 11) is 0. The Kier molecular flexibility index (Phi) is 4.53. The maximum atomic E-state index is 11.6. The quantitative estimate of drug-likeness (QED) is 0.834. The summed E-state index contributed by atoms with van der Waals surface area (Å²) in [5, 5.41) is 7.50. The van der Waals surface area contributed by atoms with E-state index in [1.807, 2.05) is 61.3 Å². The molecule has 2 rings (SSSR count). The van der Waals surface area contributed by atoms with Crippen LogP contribution in [0.4, 0.5) is 0 Å². The fraction of sp³-hybridized carbons (Fsp3) is 0.333. The number of carbonyl (C=O) groups excluding carboxylic acids is 1. The number of nitrogens with zero attached hydrogens (tertiary/aromatic N) is 2. The van der Waals surface area contributed by atoms with Gasteiger partial charge in [0.1, 0.15) is 6.04 Å². The van der Waals surface area contributed by atoms with Crippen molar-refractivity contribution in [3.05, 3.63) is 53.9 Å². The summed E-state index contributed by atoms with van der Waals surface area (Å²) in [6.45, 7) is 4.69. The average Bonchev–Trinajstić information content (AvgIpc) is 2.82. The first-order valence-corrected chi connectivity index (χ1v) is 6.65. The summed E-state index contributed by atoms with van der Waals surface area (Å²) in [6.07, 6.45) is 3.79. The van der Waals surface area contributed by atoms with E-state index in [1.165, 1.54) is 0 Å². The zero-order valence-electron chi connectivity index (χ0n) is 11.8. The van der Waals surface area contributed by atoms with Gasteiger partial charge in [0, 0.05) is 12.2 Å². The molecular weight excluding hydrogens is 252 g/mol. The summed E-state index contributed by atoms with van der Waals surface area (Å²) < 4.78 is 1.86. The van der Waals surface area contributed by atoms with E-state index in [9.17, 15) is 4.79 Å². The fourth-order valence-electron chi connectivity index (χ4n) is 2.17. The van der Waals surface area contributed by atoms with Crippen molar-refractivity contribution in [2.45, 2.75) is 32.5 Å². The summed E-state index contributed by atoms with van der Waals surface area (Å²) in [4.78, 5) is 11.6. The zero-order valence-corrected chi connectivity index (χ0v) is 11.8. The Morgan fingerprint density at radius 2 is 2.10 bits per heavy atom. The summed E-state index contributed by atoms with van der Waals surface area (Å²) in [5.74, 6) is -0.375. The first-order chi connectivity index (χ1) is 9.56. The van der Waals surface area contributed by atoms with Crippen LogP contribution in [0.25, 0.3) is 0 Å². The highest BCUT2D eigenvalue weighted by molar-refractivity contribution is 5.81. The molecule has 2 aromatic rings. The molecular formula is C15H20N4O. The fourth-order valence-corrected chi connectivity index (χ4v) is 2.17. The van der Waals surface area contributed by atoms with Crippen molar-refractivity contribution in [2.75, 3.05) is 0 Å². The summed E-state index contributed by atoms with van der Waals surface area (Å²) in [5.41, 5.74) is 7.49. The van der Waals surface area contributed by atoms with Gasteiger partial charge in [-0.3, -0.25) is 14.8 Å². The van der Waals surface area contributed by atoms with E-state index in [2.05, 4.69) is 10.4 Å². The molecule has 5 heteroatoms. The van der Waals surface area contributed by atoms with Gasteiger partial charge in [-0.15, -0.1) is 0 Å². The third kappa shape index (κ3) is 3.68. The van der Waals surface area contributed by atoms with Crippen LogP contribution < -0.4 is 11.1 Å². The van der Waals surface area contributed by atoms with Gasteiger partial charge in [-0.25, -0.2) is 0 Å². The Morgan fingerprint density at radius 3 is 2.65 bits per heavy atom. The molecule has 0 aliphatic heterocycles. The molecule has 3 N–H and O–H groups in total. The molecule has 0 radical (unpaired) electrons. The lowest BCUT2D eigenvalue weighted by Crippen LogP contribution is -2.40. The van der Waals surface area contributed by atoms with Crippen molar-refractivity contribution >= 4 is 5.91 Å². The molecule has 0 aliphatic rings. The van der Waals surface area contributed by atoms with Gasteiger partial charge in [0.25, 0.3) is 0 Å². The molecule has 5 nitrogen and oxygen atoms in total. The second kappa shape index (κ2) is 6.34. The number of benzene rings is 1. The van der Waals surface area contributed by atoms with E-state index < -0.39 is 6.04 Å². The van der Waals surface area contributed by atoms with Gasteiger partial charge < -0.3 is 5.73 Å². The summed E-state index contributed by atoms with van der Waals surface area (Å²) >= 11 is 0. The molecule has 1 heterocycles. The molecule has 0 aliphatic carbocycles. The van der Waals surface area contributed by atoms with Crippen LogP contribution in [0.5, 0.6) is 0 Å². The minimum Gasteiger partial charge on any atom is -0.368 e. The van der Waals surface area contributed by atoms with E-state index in [0.29, 0.717) is 6.54 Å². The molecule has 1 aromatic carbocycles. The van der Waals surface area contributed by atoms with Crippen LogP contribution in [0.1, 0.15) is 24.1 Å². The molecule has 0 saturated heterocycles. The number of nitrogens with two attached hydrogens (primary N) is 1. The van der Waals surface area contributed by atoms with Crippen molar-refractivity contribution in [1.29, 1.82) is 0 Å². The Balaban J connectivity index is 2.03. The van der Waals surface area contributed by atoms with Gasteiger partial charge in [-0.1, -0.05) is 30.3 Å². The van der Waals surface area contributed by atoms with Gasteiger partial charge in [-0.05, 0) is 25.0 Å². The lowest BCUT2D eigenvalue weighted by Gasteiger charge is -2.21. The lowest BCUT2D eigenvalue weighted by molar-refractivity contribution is -0.120. The van der Waals surface area contributed by atoms with Gasteiger partial charge in [0.05, 0.1) is 12.7 Å². The first-order valence-electron chi connectivity index (χ1n) is 6.65. The van der Waals surface area contributed by atoms with Crippen LogP contribution in [0, 0.1) is 6.92 Å². The standard InChI is InChI=1S/C15H20N4O/c1-11-8-17-19(9-11)10-12(2)18-14(15(16)20)13-6-4-3-5-7-13/h3-9,12,14,18H,10H2,1-2H3,(H2,16,20)/t12-,14+/m1/s1. The van der Waals surface area contributed by atoms with Crippen molar-refractivity contribution in [3.8, 4) is 0 Å². The number of hydrogen-bond acceptors (Lipinski definition) is 3. The van der Waals surface area contributed by atoms with Gasteiger partial charge >= 0.3 is 0 Å². The van der Waals surface area contributed by atoms with E-state index >= 15 is 0 Å². The van der Waals surface area contributed by atoms with E-state index in [-0.39, 0.29) is 11.9 Å². The molecule has 1 aromatic heterocycles. The highest BCUT2D eigenvalue weighted by Gasteiger charge is 2.19. The number of nitrogens with one attached hydrogen (secondary N) is 1. The molecule has 20 heavy (non-hydrogen) atoms. The third-order valence-corrected chi connectivity index (χ3v) is 3.09. The van der Waals surface area contributed by atoms with Gasteiger partial charge in [0.15, 0.2) is 0 Å². The maximum Gasteiger partial charge on any atom is 0.239 e. The Hall–Kier alpha value is -2.14. The normalized spacial score (nSPS) is 13.9. The van der Waals surface area contributed by atoms with Crippen LogP contribution in [0.15, 0.2) is 42.7 Å². The molecule has 106 valence electrons. The lowest BCUT2D eigenvalue weighted by atomic mass is 10.1. The first kappa shape index (κ1) is 14.3. The van der Waals surface area contributed by atoms with Gasteiger partial charge in [0.2, 0.25) is 5.91 Å². The molecule has 0 unspecified atom stereocenters. The Labute approximate surface area is 118 Å². The molecule has 0 spiro atoms. The number of amides is 1. The second-order valence-corrected chi connectivity index (χ2v) is 5.05. The zero-order chi connectivity index (χ0) is 14.5. The molecule has 0 saturated carbocycles. The molecule has 1 amide bonds. The number of aryl methyl sites for hydroxylation is 1. The Morgan fingerprint density at radius 1 is 1.40 bits per heavy atom. The minimum absolute atomic E-state index is 0.0759. The van der Waals surface area contributed by atoms with E-state index in [4.69, 9.17) is 5.73 Å². The van der Waals surface area contributed by atoms with Crippen LogP contribution in [0.2, 0.25) is 0 Å². The van der Waals surface area contributed by atoms with Crippen LogP contribution in [-0.4, -0.2) is 21.7 Å². The van der Waals surface area contributed by atoms with E-state index in [1.54, 1.807) is 0 Å². The number of rotatable bonds is 6. The van der Waals surface area contributed by atoms with Crippen molar-refractivity contribution in [2.24, 2.45) is 5.73 Å². The topological polar surface area (TPSA) is 72.9 Å². The molecule has 2 atom stereocenters. The van der Waals surface area contributed by atoms with Gasteiger partial charge in [-0.2, -0.15) is 5.10 Å². The smallest absolute Gasteiger partial charge is 0.239 e. The predicted octanol–water partition coefficient (Wildman–Crippen LogP) is 1.40. The van der Waals surface area contributed by atoms with Crippen molar-refractivity contribution < 1.29 is 4.79 Å². The number of hydrogen-bond donors (Lipinski definition) is 2. The molecule has 0 fully saturated rings. The highest BCUT2D eigenvalue weighted by atomic mass is 16.1. The second-order valence-electron chi connectivity index (χ2n) is 5.05. The largest absolute Gasteiger partial charge is 0.368 e. The number of primary amides is 1. The Bertz CT molecular complexity index is 564. The van der Waals surface area contributed by atoms with Crippen molar-refractivity contribution in [1.82, 2.24) is 15.1 Å². The SMILES string of the molecule is Cc1cnn(C[C@@H](C)N[C@H](C(N)=O)c2ccccc2)c1. The minimum atomic E-state index is -0.483. The number of aromatic nitrogens is 2. The van der Waals surface area contributed by atoms with Crippen LogP contribution >= 0.6 is 0 Å². The maximum absolute atomic E-state index is 11.6. The van der Waals surface area contributed by atoms with E-state index in [0.717, 1.165) is 11.1 Å². The molecule has 0 bridgehead atoms. The number of carbonyl (C=O) groups is 1. The predicted molar refractivity (Wildman–Crippen MR) is 77.9 cm³/mol. The summed E-state index contributed by atoms with van der Waals surface area (Å²) in [6, 6.07) is 9.09.